The quantitative estimate of drug-likeness (QED) is 0.331. The summed E-state index contributed by atoms with van der Waals surface area (Å²) in [4.78, 5) is 59.2. The van der Waals surface area contributed by atoms with E-state index in [0.717, 1.165) is 59.8 Å². The number of carbonyl (C=O) groups excluding carboxylic acids is 5. The highest BCUT2D eigenvalue weighted by Gasteiger charge is 2.55. The first-order valence-electron chi connectivity index (χ1n) is 11.6. The van der Waals surface area contributed by atoms with Crippen LogP contribution in [0.25, 0.3) is 0 Å². The molecule has 12 heteroatoms. The maximum absolute atomic E-state index is 12.0. The van der Waals surface area contributed by atoms with E-state index in [4.69, 9.17) is 33.2 Å². The van der Waals surface area contributed by atoms with Crippen molar-refractivity contribution in [1.82, 2.24) is 0 Å². The Morgan fingerprint density at radius 3 is 1.77 bits per heavy atom. The summed E-state index contributed by atoms with van der Waals surface area (Å²) in [6.45, 7) is 5.31. The normalized spacial score (nSPS) is 27.7. The number of carbonyl (C=O) groups is 5. The molecular weight excluding hydrogens is 468 g/mol. The lowest BCUT2D eigenvalue weighted by Crippen LogP contribution is -2.65. The summed E-state index contributed by atoms with van der Waals surface area (Å²) >= 11 is 0. The van der Waals surface area contributed by atoms with Crippen molar-refractivity contribution < 1.29 is 57.1 Å². The summed E-state index contributed by atoms with van der Waals surface area (Å²) in [6.07, 6.45) is -3.64. The summed E-state index contributed by atoms with van der Waals surface area (Å²) in [5.41, 5.74) is 0. The molecule has 1 heterocycles. The van der Waals surface area contributed by atoms with E-state index in [9.17, 15) is 24.0 Å². The molecule has 0 unspecified atom stereocenters. The molecule has 12 nitrogen and oxygen atoms in total. The van der Waals surface area contributed by atoms with Gasteiger partial charge in [0.15, 0.2) is 30.7 Å². The van der Waals surface area contributed by atoms with Gasteiger partial charge in [-0.25, -0.2) is 0 Å². The minimum atomic E-state index is -1.38. The molecule has 6 atom stereocenters. The van der Waals surface area contributed by atoms with E-state index >= 15 is 0 Å². The van der Waals surface area contributed by atoms with E-state index in [1.807, 2.05) is 0 Å². The van der Waals surface area contributed by atoms with E-state index in [-0.39, 0.29) is 6.10 Å². The fourth-order valence-corrected chi connectivity index (χ4v) is 4.21. The molecule has 0 aromatic heterocycles. The fraction of sp³-hybridized carbons (Fsp3) is 0.783. The molecule has 1 aliphatic carbocycles. The predicted molar refractivity (Wildman–Crippen MR) is 115 cm³/mol. The van der Waals surface area contributed by atoms with Gasteiger partial charge in [0.05, 0.1) is 6.10 Å². The molecule has 35 heavy (non-hydrogen) atoms. The first-order valence-corrected chi connectivity index (χ1v) is 11.6. The Bertz CT molecular complexity index is 774. The number of esters is 5. The number of rotatable bonds is 9. The van der Waals surface area contributed by atoms with Gasteiger partial charge in [-0.05, 0) is 12.8 Å². The van der Waals surface area contributed by atoms with Crippen LogP contribution in [0.1, 0.15) is 66.7 Å². The molecular formula is C23H34O12. The lowest BCUT2D eigenvalue weighted by molar-refractivity contribution is -0.327. The van der Waals surface area contributed by atoms with Crippen molar-refractivity contribution in [1.29, 1.82) is 0 Å². The Morgan fingerprint density at radius 2 is 1.26 bits per heavy atom. The highest BCUT2D eigenvalue weighted by molar-refractivity contribution is 5.69. The van der Waals surface area contributed by atoms with Crippen LogP contribution in [0.2, 0.25) is 0 Å². The van der Waals surface area contributed by atoms with E-state index in [0.29, 0.717) is 0 Å². The molecule has 1 saturated carbocycles. The summed E-state index contributed by atoms with van der Waals surface area (Å²) < 4.78 is 38.9. The zero-order valence-corrected chi connectivity index (χ0v) is 20.7. The predicted octanol–water partition coefficient (Wildman–Crippen LogP) is 1.35. The minimum Gasteiger partial charge on any atom is -0.462 e. The topological polar surface area (TPSA) is 150 Å². The molecule has 0 bridgehead atoms. The van der Waals surface area contributed by atoms with E-state index in [2.05, 4.69) is 0 Å². The van der Waals surface area contributed by atoms with Gasteiger partial charge in [-0.1, -0.05) is 19.3 Å². The summed E-state index contributed by atoms with van der Waals surface area (Å²) in [6, 6.07) is 0. The van der Waals surface area contributed by atoms with Gasteiger partial charge in [0.2, 0.25) is 0 Å². The van der Waals surface area contributed by atoms with Crippen LogP contribution in [0.15, 0.2) is 0 Å². The number of ether oxygens (including phenoxy) is 7. The molecule has 2 aliphatic rings. The highest BCUT2D eigenvalue weighted by atomic mass is 16.7. The first kappa shape index (κ1) is 28.5. The monoisotopic (exact) mass is 502 g/mol. The van der Waals surface area contributed by atoms with Crippen LogP contribution >= 0.6 is 0 Å². The van der Waals surface area contributed by atoms with Gasteiger partial charge in [-0.2, -0.15) is 0 Å². The average Bonchev–Trinajstić information content (AvgIpc) is 2.74. The average molecular weight is 503 g/mol. The Morgan fingerprint density at radius 1 is 0.714 bits per heavy atom. The van der Waals surface area contributed by atoms with Gasteiger partial charge in [0, 0.05) is 34.6 Å². The summed E-state index contributed by atoms with van der Waals surface area (Å²) in [5.74, 6) is -3.58. The van der Waals surface area contributed by atoms with Crippen molar-refractivity contribution in [2.24, 2.45) is 0 Å². The largest absolute Gasteiger partial charge is 0.462 e. The summed E-state index contributed by atoms with van der Waals surface area (Å²) in [5, 5.41) is 0. The van der Waals surface area contributed by atoms with Gasteiger partial charge in [-0.3, -0.25) is 24.0 Å². The molecule has 0 aromatic carbocycles. The van der Waals surface area contributed by atoms with Crippen molar-refractivity contribution in [2.45, 2.75) is 110 Å². The lowest BCUT2D eigenvalue weighted by atomic mass is 9.93. The molecule has 0 aromatic rings. The third-order valence-electron chi connectivity index (χ3n) is 5.45. The van der Waals surface area contributed by atoms with Crippen LogP contribution in [-0.4, -0.2) is 79.4 Å². The van der Waals surface area contributed by atoms with Crippen LogP contribution in [0.4, 0.5) is 0 Å². The number of hydrogen-bond acceptors (Lipinski definition) is 12. The van der Waals surface area contributed by atoms with E-state index < -0.39 is 73.3 Å². The van der Waals surface area contributed by atoms with Crippen molar-refractivity contribution in [2.75, 3.05) is 6.61 Å². The maximum atomic E-state index is 12.0. The Hall–Kier alpha value is -2.73. The van der Waals surface area contributed by atoms with Crippen molar-refractivity contribution in [3.05, 3.63) is 0 Å². The second kappa shape index (κ2) is 13.4. The molecule has 198 valence electrons. The van der Waals surface area contributed by atoms with Gasteiger partial charge >= 0.3 is 29.8 Å². The summed E-state index contributed by atoms with van der Waals surface area (Å²) in [7, 11) is 0. The highest BCUT2D eigenvalue weighted by Crippen LogP contribution is 2.34. The Labute approximate surface area is 203 Å². The molecule has 2 fully saturated rings. The Kier molecular flexibility index (Phi) is 10.9. The van der Waals surface area contributed by atoms with Gasteiger partial charge in [0.25, 0.3) is 0 Å². The van der Waals surface area contributed by atoms with Crippen LogP contribution in [0.3, 0.4) is 0 Å². The molecule has 0 spiro atoms. The second-order valence-corrected chi connectivity index (χ2v) is 8.54. The van der Waals surface area contributed by atoms with Crippen LogP contribution in [-0.2, 0) is 57.1 Å². The number of hydrogen-bond donors (Lipinski definition) is 0. The smallest absolute Gasteiger partial charge is 0.303 e. The van der Waals surface area contributed by atoms with E-state index in [1.54, 1.807) is 0 Å². The molecule has 2 rings (SSSR count). The molecule has 1 aliphatic heterocycles. The van der Waals surface area contributed by atoms with Crippen molar-refractivity contribution >= 4 is 29.8 Å². The molecule has 0 amide bonds. The van der Waals surface area contributed by atoms with Gasteiger partial charge in [0.1, 0.15) is 12.7 Å². The molecule has 0 N–H and O–H groups in total. The Balaban J connectivity index is 2.50. The van der Waals surface area contributed by atoms with Crippen LogP contribution in [0.5, 0.6) is 0 Å². The third-order valence-corrected chi connectivity index (χ3v) is 5.45. The zero-order valence-electron chi connectivity index (χ0n) is 20.7. The molecule has 1 saturated heterocycles. The van der Waals surface area contributed by atoms with Crippen molar-refractivity contribution in [3.8, 4) is 0 Å². The lowest BCUT2D eigenvalue weighted by Gasteiger charge is -2.46. The first-order chi connectivity index (χ1) is 16.5. The van der Waals surface area contributed by atoms with Crippen LogP contribution in [0, 0.1) is 0 Å². The van der Waals surface area contributed by atoms with Crippen LogP contribution < -0.4 is 0 Å². The standard InChI is InChI=1S/C23H34O12/c1-12(24)29-11-18(30-13(2)25)19-20(31-14(3)26)21(32-15(4)27)22(33-16(5)28)23(35-19)34-17-9-7-6-8-10-17/h17-23H,6-11H2,1-5H3/t18-,19+,20+,21+,22+,23-/m1/s1. The maximum Gasteiger partial charge on any atom is 0.303 e. The fourth-order valence-electron chi connectivity index (χ4n) is 4.21. The van der Waals surface area contributed by atoms with Gasteiger partial charge in [-0.15, -0.1) is 0 Å². The SMILES string of the molecule is CC(=O)OC[C@@H](OC(C)=O)[C@@H]1O[C@@H](OC2CCCCC2)[C@@H](OC(C)=O)[C@@H](OC(C)=O)[C@H]1OC(C)=O. The van der Waals surface area contributed by atoms with Gasteiger partial charge < -0.3 is 33.2 Å². The minimum absolute atomic E-state index is 0.226. The molecule has 0 radical (unpaired) electrons. The van der Waals surface area contributed by atoms with Crippen molar-refractivity contribution in [3.63, 3.8) is 0 Å². The zero-order chi connectivity index (χ0) is 26.1. The third kappa shape index (κ3) is 9.10. The van der Waals surface area contributed by atoms with E-state index in [1.165, 1.54) is 6.92 Å². The second-order valence-electron chi connectivity index (χ2n) is 8.54.